The van der Waals surface area contributed by atoms with Crippen molar-refractivity contribution in [3.05, 3.63) is 0 Å². The van der Waals surface area contributed by atoms with E-state index in [-0.39, 0.29) is 18.5 Å². The van der Waals surface area contributed by atoms with E-state index in [0.29, 0.717) is 34.7 Å². The molecule has 4 saturated carbocycles. The predicted octanol–water partition coefficient (Wildman–Crippen LogP) is 5.79. The molecule has 0 aromatic heterocycles. The zero-order valence-electron chi connectivity index (χ0n) is 21.9. The highest BCUT2D eigenvalue weighted by Crippen LogP contribution is 2.71. The van der Waals surface area contributed by atoms with E-state index in [0.717, 1.165) is 49.5 Å². The molecule has 33 heavy (non-hydrogen) atoms. The molecular weight excluding hydrogens is 412 g/mol. The molecule has 2 aliphatic heterocycles. The van der Waals surface area contributed by atoms with Crippen molar-refractivity contribution in [3.8, 4) is 0 Å². The van der Waals surface area contributed by atoms with Crippen LogP contribution < -0.4 is 0 Å². The van der Waals surface area contributed by atoms with Gasteiger partial charge in [-0.2, -0.15) is 0 Å². The molecule has 190 valence electrons. The molecule has 0 radical (unpaired) electrons. The average molecular weight is 463 g/mol. The van der Waals surface area contributed by atoms with E-state index in [1.54, 1.807) is 6.92 Å². The largest absolute Gasteiger partial charge is 0.397 e. The van der Waals surface area contributed by atoms with E-state index in [4.69, 9.17) is 14.6 Å². The van der Waals surface area contributed by atoms with Crippen LogP contribution in [-0.2, 0) is 9.47 Å². The van der Waals surface area contributed by atoms with Crippen molar-refractivity contribution in [2.24, 2.45) is 52.3 Å². The maximum atomic E-state index is 10.3. The minimum atomic E-state index is -0.282. The molecule has 0 amide bonds. The van der Waals surface area contributed by atoms with Crippen LogP contribution in [0.2, 0.25) is 0 Å². The van der Waals surface area contributed by atoms with Crippen molar-refractivity contribution in [2.45, 2.75) is 117 Å². The highest BCUT2D eigenvalue weighted by molar-refractivity contribution is 5.15. The molecule has 0 bridgehead atoms. The first-order chi connectivity index (χ1) is 15.7. The van der Waals surface area contributed by atoms with Crippen molar-refractivity contribution in [1.29, 1.82) is 0 Å². The molecular formula is C29H50O4. The van der Waals surface area contributed by atoms with Crippen molar-refractivity contribution in [2.75, 3.05) is 13.2 Å². The minimum Gasteiger partial charge on any atom is -0.397 e. The third kappa shape index (κ3) is 3.67. The molecule has 0 aromatic carbocycles. The third-order valence-electron chi connectivity index (χ3n) is 11.9. The summed E-state index contributed by atoms with van der Waals surface area (Å²) in [5, 5.41) is 17.9. The third-order valence-corrected chi connectivity index (χ3v) is 11.9. The zero-order valence-corrected chi connectivity index (χ0v) is 21.9. The van der Waals surface area contributed by atoms with Crippen molar-refractivity contribution < 1.29 is 19.7 Å². The van der Waals surface area contributed by atoms with E-state index in [1.807, 2.05) is 0 Å². The van der Waals surface area contributed by atoms with E-state index in [1.165, 1.54) is 44.9 Å². The zero-order chi connectivity index (χ0) is 23.6. The van der Waals surface area contributed by atoms with Crippen LogP contribution in [0.25, 0.3) is 0 Å². The Morgan fingerprint density at radius 1 is 0.879 bits per heavy atom. The Hall–Kier alpha value is -0.160. The van der Waals surface area contributed by atoms with Gasteiger partial charge in [0, 0.05) is 18.9 Å². The van der Waals surface area contributed by atoms with E-state index in [9.17, 15) is 5.11 Å². The van der Waals surface area contributed by atoms with Gasteiger partial charge in [0.25, 0.3) is 0 Å². The van der Waals surface area contributed by atoms with E-state index >= 15 is 0 Å². The Morgan fingerprint density at radius 3 is 2.30 bits per heavy atom. The van der Waals surface area contributed by atoms with Crippen LogP contribution in [0, 0.1) is 52.3 Å². The van der Waals surface area contributed by atoms with E-state index in [2.05, 4.69) is 27.7 Å². The van der Waals surface area contributed by atoms with Gasteiger partial charge < -0.3 is 19.7 Å². The van der Waals surface area contributed by atoms with Gasteiger partial charge in [-0.25, -0.2) is 0 Å². The molecule has 2 N–H and O–H groups in total. The Kier molecular flexibility index (Phi) is 6.50. The lowest BCUT2D eigenvalue weighted by atomic mass is 9.44. The summed E-state index contributed by atoms with van der Waals surface area (Å²) in [6.07, 6.45) is 12.9. The summed E-state index contributed by atoms with van der Waals surface area (Å²) >= 11 is 0. The number of aliphatic hydroxyl groups is 2. The van der Waals surface area contributed by atoms with Gasteiger partial charge in [-0.3, -0.25) is 0 Å². The highest BCUT2D eigenvalue weighted by atomic mass is 16.7. The van der Waals surface area contributed by atoms with Crippen LogP contribution >= 0.6 is 0 Å². The standard InChI is InChI=1S/C27H44O3.C2H6O/c1-16-7-12-27(29-15-16)17(2)24-23(30-27)14-22-20-6-5-18-13-19(28)8-10-25(18,3)21(20)9-11-26(22,24)4;1-2-3/h16-24,28H,5-15H2,1-4H3;3H,2H2,1H3/t16-,17-,18+,19-,20+,21-,22-,23-,24-,25-,26-,27+;/m0./s1. The number of hydrogen-bond donors (Lipinski definition) is 2. The van der Waals surface area contributed by atoms with Crippen LogP contribution in [0.4, 0.5) is 0 Å². The van der Waals surface area contributed by atoms with E-state index < -0.39 is 0 Å². The second kappa shape index (κ2) is 8.75. The van der Waals surface area contributed by atoms with Crippen LogP contribution in [-0.4, -0.2) is 41.4 Å². The molecule has 2 heterocycles. The fourth-order valence-electron chi connectivity index (χ4n) is 10.3. The minimum absolute atomic E-state index is 0.0389. The summed E-state index contributed by atoms with van der Waals surface area (Å²) in [4.78, 5) is 0. The summed E-state index contributed by atoms with van der Waals surface area (Å²) in [6.45, 7) is 12.8. The lowest BCUT2D eigenvalue weighted by molar-refractivity contribution is -0.273. The Balaban J connectivity index is 0.000000724. The smallest absolute Gasteiger partial charge is 0.171 e. The number of aliphatic hydroxyl groups excluding tert-OH is 2. The number of ether oxygens (including phenoxy) is 2. The summed E-state index contributed by atoms with van der Waals surface area (Å²) in [5.41, 5.74) is 0.899. The maximum Gasteiger partial charge on any atom is 0.171 e. The fourth-order valence-corrected chi connectivity index (χ4v) is 10.3. The molecule has 4 aliphatic carbocycles. The molecule has 1 spiro atoms. The number of hydrogen-bond acceptors (Lipinski definition) is 4. The van der Waals surface area contributed by atoms with Gasteiger partial charge in [0.2, 0.25) is 0 Å². The summed E-state index contributed by atoms with van der Waals surface area (Å²) in [6, 6.07) is 0. The summed E-state index contributed by atoms with van der Waals surface area (Å²) in [5.74, 6) is 4.93. The number of rotatable bonds is 0. The van der Waals surface area contributed by atoms with Gasteiger partial charge in [-0.15, -0.1) is 0 Å². The monoisotopic (exact) mass is 462 g/mol. The lowest BCUT2D eigenvalue weighted by Gasteiger charge is -2.61. The molecule has 12 atom stereocenters. The molecule has 2 saturated heterocycles. The predicted molar refractivity (Wildman–Crippen MR) is 130 cm³/mol. The van der Waals surface area contributed by atoms with Gasteiger partial charge in [0.1, 0.15) is 0 Å². The lowest BCUT2D eigenvalue weighted by Crippen LogP contribution is -2.55. The second-order valence-corrected chi connectivity index (χ2v) is 13.4. The average Bonchev–Trinajstić information content (AvgIpc) is 3.22. The first-order valence-corrected chi connectivity index (χ1v) is 14.3. The molecule has 4 nitrogen and oxygen atoms in total. The van der Waals surface area contributed by atoms with Crippen LogP contribution in [0.5, 0.6) is 0 Å². The molecule has 4 heteroatoms. The topological polar surface area (TPSA) is 58.9 Å². The van der Waals surface area contributed by atoms with Gasteiger partial charge in [-0.05, 0) is 111 Å². The molecule has 0 aromatic rings. The van der Waals surface area contributed by atoms with Crippen LogP contribution in [0.15, 0.2) is 0 Å². The van der Waals surface area contributed by atoms with Crippen molar-refractivity contribution in [3.63, 3.8) is 0 Å². The van der Waals surface area contributed by atoms with Crippen LogP contribution in [0.1, 0.15) is 98.8 Å². The van der Waals surface area contributed by atoms with Gasteiger partial charge in [-0.1, -0.05) is 27.7 Å². The Labute approximate surface area is 202 Å². The Bertz CT molecular complexity index is 702. The fraction of sp³-hybridized carbons (Fsp3) is 1.00. The van der Waals surface area contributed by atoms with Gasteiger partial charge in [0.05, 0.1) is 18.8 Å². The normalized spacial score (nSPS) is 57.4. The highest BCUT2D eigenvalue weighted by Gasteiger charge is 2.69. The first-order valence-electron chi connectivity index (χ1n) is 14.3. The first kappa shape index (κ1) is 24.5. The maximum absolute atomic E-state index is 10.3. The Morgan fingerprint density at radius 2 is 1.61 bits per heavy atom. The van der Waals surface area contributed by atoms with Gasteiger partial charge in [0.15, 0.2) is 5.79 Å². The van der Waals surface area contributed by atoms with Crippen molar-refractivity contribution >= 4 is 0 Å². The molecule has 6 aliphatic rings. The molecule has 6 rings (SSSR count). The molecule has 6 fully saturated rings. The summed E-state index contributed by atoms with van der Waals surface area (Å²) in [7, 11) is 0. The SMILES string of the molecule is CCO.C[C@H]1CC[C@@]2(OC1)O[C@H]1C[C@H]3[C@@H]4CC[C@@H]5C[C@@H](O)CC[C@]5(C)[C@H]4CC[C@]3(C)[C@H]1[C@@H]2C. The number of fused-ring (bicyclic) bond motifs is 7. The summed E-state index contributed by atoms with van der Waals surface area (Å²) < 4.78 is 13.4. The van der Waals surface area contributed by atoms with Gasteiger partial charge >= 0.3 is 0 Å². The quantitative estimate of drug-likeness (QED) is 0.478. The second-order valence-electron chi connectivity index (χ2n) is 13.4. The van der Waals surface area contributed by atoms with Crippen LogP contribution in [0.3, 0.4) is 0 Å². The van der Waals surface area contributed by atoms with Crippen molar-refractivity contribution in [1.82, 2.24) is 0 Å². The molecule has 0 unspecified atom stereocenters.